The van der Waals surface area contributed by atoms with Crippen LogP contribution in [0.1, 0.15) is 45.6 Å². The predicted molar refractivity (Wildman–Crippen MR) is 120 cm³/mol. The average Bonchev–Trinajstić information content (AvgIpc) is 2.70. The van der Waals surface area contributed by atoms with Gasteiger partial charge in [0.2, 0.25) is 5.75 Å². The fourth-order valence-electron chi connectivity index (χ4n) is 3.80. The van der Waals surface area contributed by atoms with Gasteiger partial charge in [0.25, 0.3) is 0 Å². The van der Waals surface area contributed by atoms with Crippen molar-refractivity contribution in [2.45, 2.75) is 40.0 Å². The summed E-state index contributed by atoms with van der Waals surface area (Å²) < 4.78 is 15.9. The molecule has 0 amide bonds. The van der Waals surface area contributed by atoms with Crippen LogP contribution in [-0.2, 0) is 4.79 Å². The lowest BCUT2D eigenvalue weighted by Gasteiger charge is -2.32. The zero-order chi connectivity index (χ0) is 22.3. The molecule has 0 aliphatic heterocycles. The number of ketones is 1. The van der Waals surface area contributed by atoms with E-state index in [1.807, 2.05) is 6.08 Å². The van der Waals surface area contributed by atoms with Gasteiger partial charge in [-0.3, -0.25) is 4.79 Å². The van der Waals surface area contributed by atoms with Crippen molar-refractivity contribution in [2.75, 3.05) is 21.3 Å². The summed E-state index contributed by atoms with van der Waals surface area (Å²) in [6.45, 7) is 6.53. The second kappa shape index (κ2) is 10.2. The summed E-state index contributed by atoms with van der Waals surface area (Å²) in [4.78, 5) is 12.3. The zero-order valence-electron chi connectivity index (χ0n) is 18.7. The monoisotopic (exact) mass is 412 g/mol. The number of hydrogen-bond donors (Lipinski definition) is 1. The van der Waals surface area contributed by atoms with Crippen LogP contribution in [0.2, 0.25) is 0 Å². The van der Waals surface area contributed by atoms with Crippen molar-refractivity contribution in [1.82, 2.24) is 0 Å². The Morgan fingerprint density at radius 3 is 2.20 bits per heavy atom. The Hall–Kier alpha value is -2.95. The Kier molecular flexibility index (Phi) is 7.93. The normalized spacial score (nSPS) is 16.9. The number of aliphatic hydroxyl groups excluding tert-OH is 1. The SMILES string of the molecule is COc1cc(/C=C/C(O)=C/C(=O)/C=C/C2=C(C)CCCC2(C)C)cc(OC)c1OC. The van der Waals surface area contributed by atoms with E-state index in [9.17, 15) is 9.90 Å². The minimum Gasteiger partial charge on any atom is -0.508 e. The molecular weight excluding hydrogens is 380 g/mol. The van der Waals surface area contributed by atoms with Crippen molar-refractivity contribution in [3.8, 4) is 17.2 Å². The number of methoxy groups -OCH3 is 3. The van der Waals surface area contributed by atoms with Crippen molar-refractivity contribution in [1.29, 1.82) is 0 Å². The van der Waals surface area contributed by atoms with E-state index in [1.165, 1.54) is 57.1 Å². The highest BCUT2D eigenvalue weighted by atomic mass is 16.5. The van der Waals surface area contributed by atoms with Crippen molar-refractivity contribution in [2.24, 2.45) is 5.41 Å². The largest absolute Gasteiger partial charge is 0.508 e. The number of benzene rings is 1. The molecule has 0 spiro atoms. The molecule has 1 aromatic rings. The van der Waals surface area contributed by atoms with Gasteiger partial charge < -0.3 is 19.3 Å². The molecule has 0 saturated heterocycles. The molecule has 0 atom stereocenters. The summed E-state index contributed by atoms with van der Waals surface area (Å²) >= 11 is 0. The van der Waals surface area contributed by atoms with Crippen LogP contribution in [0.5, 0.6) is 17.2 Å². The third kappa shape index (κ3) is 5.78. The molecular formula is C25H32O5. The second-order valence-electron chi connectivity index (χ2n) is 8.03. The lowest BCUT2D eigenvalue weighted by Crippen LogP contribution is -2.19. The Morgan fingerprint density at radius 2 is 1.67 bits per heavy atom. The standard InChI is InChI=1S/C25H32O5/c1-17-8-7-13-25(2,3)21(17)12-11-20(27)16-19(26)10-9-18-14-22(28-4)24(30-6)23(15-18)29-5/h9-12,14-16,26H,7-8,13H2,1-6H3/b10-9+,12-11+,19-16-. The summed E-state index contributed by atoms with van der Waals surface area (Å²) in [5.41, 5.74) is 3.34. The van der Waals surface area contributed by atoms with Gasteiger partial charge in [0.15, 0.2) is 17.3 Å². The molecule has 1 aromatic carbocycles. The van der Waals surface area contributed by atoms with E-state index in [2.05, 4.69) is 20.8 Å². The Bertz CT molecular complexity index is 875. The maximum Gasteiger partial charge on any atom is 0.203 e. The van der Waals surface area contributed by atoms with Crippen molar-refractivity contribution >= 4 is 11.9 Å². The average molecular weight is 413 g/mol. The van der Waals surface area contributed by atoms with Gasteiger partial charge in [-0.05, 0) is 67.0 Å². The van der Waals surface area contributed by atoms with Gasteiger partial charge in [-0.2, -0.15) is 0 Å². The van der Waals surface area contributed by atoms with E-state index in [0.717, 1.165) is 18.4 Å². The van der Waals surface area contributed by atoms with E-state index < -0.39 is 0 Å². The number of hydrogen-bond acceptors (Lipinski definition) is 5. The van der Waals surface area contributed by atoms with Crippen LogP contribution < -0.4 is 14.2 Å². The topological polar surface area (TPSA) is 65.0 Å². The molecule has 1 aliphatic rings. The molecule has 162 valence electrons. The minimum absolute atomic E-state index is 0.0667. The smallest absolute Gasteiger partial charge is 0.203 e. The molecule has 5 nitrogen and oxygen atoms in total. The molecule has 2 rings (SSSR count). The third-order valence-corrected chi connectivity index (χ3v) is 5.38. The first kappa shape index (κ1) is 23.3. The molecule has 30 heavy (non-hydrogen) atoms. The molecule has 0 bridgehead atoms. The maximum atomic E-state index is 12.3. The summed E-state index contributed by atoms with van der Waals surface area (Å²) in [6.07, 6.45) is 11.1. The first-order chi connectivity index (χ1) is 14.2. The molecule has 0 fully saturated rings. The van der Waals surface area contributed by atoms with E-state index in [1.54, 1.807) is 18.2 Å². The number of rotatable bonds is 8. The number of allylic oxidation sites excluding steroid dienone is 6. The summed E-state index contributed by atoms with van der Waals surface area (Å²) in [5, 5.41) is 10.1. The van der Waals surface area contributed by atoms with Crippen LogP contribution in [0, 0.1) is 5.41 Å². The Morgan fingerprint density at radius 1 is 1.03 bits per heavy atom. The van der Waals surface area contributed by atoms with E-state index in [-0.39, 0.29) is 17.0 Å². The molecule has 1 N–H and O–H groups in total. The minimum atomic E-state index is -0.260. The van der Waals surface area contributed by atoms with E-state index in [4.69, 9.17) is 14.2 Å². The summed E-state index contributed by atoms with van der Waals surface area (Å²) in [5.74, 6) is 1.12. The predicted octanol–water partition coefficient (Wildman–Crippen LogP) is 5.82. The molecule has 0 radical (unpaired) electrons. The molecule has 0 saturated carbocycles. The Labute approximate surface area is 179 Å². The Balaban J connectivity index is 2.16. The van der Waals surface area contributed by atoms with Gasteiger partial charge in [-0.25, -0.2) is 0 Å². The first-order valence-corrected chi connectivity index (χ1v) is 10.0. The second-order valence-corrected chi connectivity index (χ2v) is 8.03. The van der Waals surface area contributed by atoms with Crippen LogP contribution in [0.3, 0.4) is 0 Å². The maximum absolute atomic E-state index is 12.3. The number of aliphatic hydroxyl groups is 1. The van der Waals surface area contributed by atoms with Gasteiger partial charge >= 0.3 is 0 Å². The van der Waals surface area contributed by atoms with Crippen LogP contribution in [0.25, 0.3) is 6.08 Å². The van der Waals surface area contributed by atoms with Gasteiger partial charge in [0.1, 0.15) is 5.76 Å². The number of ether oxygens (including phenoxy) is 3. The van der Waals surface area contributed by atoms with Gasteiger partial charge in [-0.15, -0.1) is 0 Å². The molecule has 0 heterocycles. The summed E-state index contributed by atoms with van der Waals surface area (Å²) in [6, 6.07) is 3.51. The van der Waals surface area contributed by atoms with Crippen molar-refractivity contribution < 1.29 is 24.1 Å². The molecule has 0 aromatic heterocycles. The first-order valence-electron chi connectivity index (χ1n) is 10.0. The summed E-state index contributed by atoms with van der Waals surface area (Å²) in [7, 11) is 4.62. The third-order valence-electron chi connectivity index (χ3n) is 5.38. The fourth-order valence-corrected chi connectivity index (χ4v) is 3.80. The lowest BCUT2D eigenvalue weighted by atomic mass is 9.72. The van der Waals surface area contributed by atoms with Crippen LogP contribution in [0.4, 0.5) is 0 Å². The highest BCUT2D eigenvalue weighted by molar-refractivity contribution is 6.00. The fraction of sp³-hybridized carbons (Fsp3) is 0.400. The van der Waals surface area contributed by atoms with E-state index >= 15 is 0 Å². The highest BCUT2D eigenvalue weighted by Gasteiger charge is 2.26. The van der Waals surface area contributed by atoms with Gasteiger partial charge in [0.05, 0.1) is 21.3 Å². The molecule has 0 unspecified atom stereocenters. The van der Waals surface area contributed by atoms with Crippen molar-refractivity contribution in [3.05, 3.63) is 58.9 Å². The quantitative estimate of drug-likeness (QED) is 0.331. The zero-order valence-corrected chi connectivity index (χ0v) is 18.7. The van der Waals surface area contributed by atoms with Crippen molar-refractivity contribution in [3.63, 3.8) is 0 Å². The number of carbonyl (C=O) groups excluding carboxylic acids is 1. The van der Waals surface area contributed by atoms with Gasteiger partial charge in [-0.1, -0.05) is 31.6 Å². The molecule has 5 heteroatoms. The number of carbonyl (C=O) groups is 1. The van der Waals surface area contributed by atoms with Crippen LogP contribution in [0.15, 0.2) is 53.3 Å². The van der Waals surface area contributed by atoms with E-state index in [0.29, 0.717) is 17.2 Å². The van der Waals surface area contributed by atoms with Crippen LogP contribution >= 0.6 is 0 Å². The van der Waals surface area contributed by atoms with Gasteiger partial charge in [0, 0.05) is 6.08 Å². The lowest BCUT2D eigenvalue weighted by molar-refractivity contribution is -0.110. The molecule has 1 aliphatic carbocycles. The highest BCUT2D eigenvalue weighted by Crippen LogP contribution is 2.41. The van der Waals surface area contributed by atoms with Crippen LogP contribution in [-0.4, -0.2) is 32.2 Å².